The second-order valence-corrected chi connectivity index (χ2v) is 2.94. The highest BCUT2D eigenvalue weighted by molar-refractivity contribution is 5.88. The van der Waals surface area contributed by atoms with Gasteiger partial charge in [0.1, 0.15) is 0 Å². The standard InChI is InChI=1S/C10H13NO3/c1-3-5-11-6-4-8(7-9(11)12)10(13)14-2/h4,6-7H,3,5H2,1-2H3. The van der Waals surface area contributed by atoms with E-state index in [1.54, 1.807) is 16.8 Å². The van der Waals surface area contributed by atoms with Gasteiger partial charge in [-0.05, 0) is 12.5 Å². The van der Waals surface area contributed by atoms with Crippen LogP contribution in [0.2, 0.25) is 0 Å². The van der Waals surface area contributed by atoms with Gasteiger partial charge in [0, 0.05) is 18.8 Å². The van der Waals surface area contributed by atoms with E-state index in [2.05, 4.69) is 4.74 Å². The minimum Gasteiger partial charge on any atom is -0.465 e. The quantitative estimate of drug-likeness (QED) is 0.677. The molecule has 0 aliphatic heterocycles. The van der Waals surface area contributed by atoms with Crippen molar-refractivity contribution in [2.75, 3.05) is 7.11 Å². The van der Waals surface area contributed by atoms with Crippen LogP contribution in [0.3, 0.4) is 0 Å². The Morgan fingerprint density at radius 2 is 2.29 bits per heavy atom. The third kappa shape index (κ3) is 2.22. The fourth-order valence-corrected chi connectivity index (χ4v) is 1.18. The van der Waals surface area contributed by atoms with E-state index in [0.717, 1.165) is 6.42 Å². The molecule has 0 radical (unpaired) electrons. The molecule has 0 fully saturated rings. The summed E-state index contributed by atoms with van der Waals surface area (Å²) in [5, 5.41) is 0. The Hall–Kier alpha value is -1.58. The van der Waals surface area contributed by atoms with Crippen LogP contribution in [0.15, 0.2) is 23.1 Å². The maximum Gasteiger partial charge on any atom is 0.338 e. The van der Waals surface area contributed by atoms with Gasteiger partial charge in [0.15, 0.2) is 0 Å². The van der Waals surface area contributed by atoms with Crippen LogP contribution in [0, 0.1) is 0 Å². The average Bonchev–Trinajstić information content (AvgIpc) is 2.20. The Morgan fingerprint density at radius 1 is 1.57 bits per heavy atom. The molecule has 1 heterocycles. The van der Waals surface area contributed by atoms with E-state index in [1.165, 1.54) is 13.2 Å². The summed E-state index contributed by atoms with van der Waals surface area (Å²) in [6.45, 7) is 2.65. The van der Waals surface area contributed by atoms with E-state index in [-0.39, 0.29) is 5.56 Å². The molecule has 0 saturated heterocycles. The molecular weight excluding hydrogens is 182 g/mol. The van der Waals surface area contributed by atoms with Gasteiger partial charge < -0.3 is 9.30 Å². The van der Waals surface area contributed by atoms with Crippen LogP contribution in [0.4, 0.5) is 0 Å². The van der Waals surface area contributed by atoms with Gasteiger partial charge in [0.05, 0.1) is 12.7 Å². The topological polar surface area (TPSA) is 48.3 Å². The van der Waals surface area contributed by atoms with Crippen molar-refractivity contribution < 1.29 is 9.53 Å². The molecule has 76 valence electrons. The van der Waals surface area contributed by atoms with E-state index < -0.39 is 5.97 Å². The minimum atomic E-state index is -0.481. The third-order valence-electron chi connectivity index (χ3n) is 1.88. The average molecular weight is 195 g/mol. The summed E-state index contributed by atoms with van der Waals surface area (Å²) >= 11 is 0. The van der Waals surface area contributed by atoms with Crippen LogP contribution < -0.4 is 5.56 Å². The minimum absolute atomic E-state index is 0.172. The predicted molar refractivity (Wildman–Crippen MR) is 52.3 cm³/mol. The number of pyridine rings is 1. The number of aromatic nitrogens is 1. The van der Waals surface area contributed by atoms with Crippen molar-refractivity contribution >= 4 is 5.97 Å². The number of hydrogen-bond acceptors (Lipinski definition) is 3. The molecule has 0 aliphatic rings. The number of aryl methyl sites for hydroxylation is 1. The summed E-state index contributed by atoms with van der Waals surface area (Å²) in [5.41, 5.74) is 0.125. The normalized spacial score (nSPS) is 9.86. The number of esters is 1. The molecule has 0 amide bonds. The highest BCUT2D eigenvalue weighted by Crippen LogP contribution is 1.97. The van der Waals surface area contributed by atoms with Crippen LogP contribution in [-0.4, -0.2) is 17.6 Å². The maximum absolute atomic E-state index is 11.4. The fraction of sp³-hybridized carbons (Fsp3) is 0.400. The number of nitrogens with zero attached hydrogens (tertiary/aromatic N) is 1. The summed E-state index contributed by atoms with van der Waals surface area (Å²) in [6.07, 6.45) is 2.50. The SMILES string of the molecule is CCCn1ccc(C(=O)OC)cc1=O. The van der Waals surface area contributed by atoms with Crippen molar-refractivity contribution in [1.29, 1.82) is 0 Å². The summed E-state index contributed by atoms with van der Waals surface area (Å²) in [7, 11) is 1.29. The lowest BCUT2D eigenvalue weighted by molar-refractivity contribution is 0.0600. The first-order valence-electron chi connectivity index (χ1n) is 4.48. The molecular formula is C10H13NO3. The monoisotopic (exact) mass is 195 g/mol. The predicted octanol–water partition coefficient (Wildman–Crippen LogP) is 1.04. The van der Waals surface area contributed by atoms with Crippen LogP contribution in [0.5, 0.6) is 0 Å². The summed E-state index contributed by atoms with van der Waals surface area (Å²) in [6, 6.07) is 2.88. The van der Waals surface area contributed by atoms with Gasteiger partial charge in [-0.15, -0.1) is 0 Å². The van der Waals surface area contributed by atoms with Crippen molar-refractivity contribution in [3.63, 3.8) is 0 Å². The first-order chi connectivity index (χ1) is 6.69. The first kappa shape index (κ1) is 10.5. The second kappa shape index (κ2) is 4.60. The van der Waals surface area contributed by atoms with Gasteiger partial charge in [-0.25, -0.2) is 4.79 Å². The van der Waals surface area contributed by atoms with Gasteiger partial charge in [0.2, 0.25) is 0 Å². The molecule has 1 aromatic rings. The summed E-state index contributed by atoms with van der Waals surface area (Å²) in [4.78, 5) is 22.5. The second-order valence-electron chi connectivity index (χ2n) is 2.94. The molecule has 0 bridgehead atoms. The Morgan fingerprint density at radius 3 is 2.79 bits per heavy atom. The lowest BCUT2D eigenvalue weighted by Crippen LogP contribution is -2.20. The Bertz CT molecular complexity index is 381. The molecule has 0 spiro atoms. The van der Waals surface area contributed by atoms with Crippen LogP contribution >= 0.6 is 0 Å². The van der Waals surface area contributed by atoms with Crippen molar-refractivity contribution in [1.82, 2.24) is 4.57 Å². The smallest absolute Gasteiger partial charge is 0.338 e. The Labute approximate surface area is 82.1 Å². The zero-order valence-corrected chi connectivity index (χ0v) is 8.32. The summed E-state index contributed by atoms with van der Waals surface area (Å²) < 4.78 is 6.07. The number of rotatable bonds is 3. The molecule has 1 aromatic heterocycles. The molecule has 0 unspecified atom stereocenters. The van der Waals surface area contributed by atoms with E-state index in [0.29, 0.717) is 12.1 Å². The lowest BCUT2D eigenvalue weighted by atomic mass is 10.2. The molecule has 4 nitrogen and oxygen atoms in total. The molecule has 0 aliphatic carbocycles. The number of methoxy groups -OCH3 is 1. The molecule has 4 heteroatoms. The van der Waals surface area contributed by atoms with Gasteiger partial charge in [-0.3, -0.25) is 4.79 Å². The third-order valence-corrected chi connectivity index (χ3v) is 1.88. The van der Waals surface area contributed by atoms with E-state index in [1.807, 2.05) is 6.92 Å². The highest BCUT2D eigenvalue weighted by atomic mass is 16.5. The maximum atomic E-state index is 11.4. The molecule has 0 N–H and O–H groups in total. The van der Waals surface area contributed by atoms with Crippen molar-refractivity contribution in [2.45, 2.75) is 19.9 Å². The fourth-order valence-electron chi connectivity index (χ4n) is 1.18. The Balaban J connectivity index is 3.00. The number of carbonyl (C=O) groups excluding carboxylic acids is 1. The molecule has 14 heavy (non-hydrogen) atoms. The van der Waals surface area contributed by atoms with Crippen molar-refractivity contribution in [3.05, 3.63) is 34.2 Å². The van der Waals surface area contributed by atoms with Gasteiger partial charge in [-0.1, -0.05) is 6.92 Å². The summed E-state index contributed by atoms with van der Waals surface area (Å²) in [5.74, 6) is -0.481. The number of carbonyl (C=O) groups is 1. The van der Waals surface area contributed by atoms with Crippen molar-refractivity contribution in [3.8, 4) is 0 Å². The van der Waals surface area contributed by atoms with Crippen LogP contribution in [0.1, 0.15) is 23.7 Å². The van der Waals surface area contributed by atoms with E-state index in [4.69, 9.17) is 0 Å². The van der Waals surface area contributed by atoms with Gasteiger partial charge >= 0.3 is 5.97 Å². The zero-order valence-electron chi connectivity index (χ0n) is 8.32. The Kier molecular flexibility index (Phi) is 3.45. The lowest BCUT2D eigenvalue weighted by Gasteiger charge is -2.03. The van der Waals surface area contributed by atoms with Gasteiger partial charge in [-0.2, -0.15) is 0 Å². The van der Waals surface area contributed by atoms with Crippen molar-refractivity contribution in [2.24, 2.45) is 0 Å². The first-order valence-corrected chi connectivity index (χ1v) is 4.48. The molecule has 1 rings (SSSR count). The zero-order chi connectivity index (χ0) is 10.6. The van der Waals surface area contributed by atoms with E-state index >= 15 is 0 Å². The number of ether oxygens (including phenoxy) is 1. The largest absolute Gasteiger partial charge is 0.465 e. The van der Waals surface area contributed by atoms with Crippen LogP contribution in [-0.2, 0) is 11.3 Å². The molecule has 0 atom stereocenters. The molecule has 0 saturated carbocycles. The van der Waals surface area contributed by atoms with Crippen LogP contribution in [0.25, 0.3) is 0 Å². The van der Waals surface area contributed by atoms with Gasteiger partial charge in [0.25, 0.3) is 5.56 Å². The molecule has 0 aromatic carbocycles. The van der Waals surface area contributed by atoms with E-state index in [9.17, 15) is 9.59 Å². The highest BCUT2D eigenvalue weighted by Gasteiger charge is 2.06. The number of hydrogen-bond donors (Lipinski definition) is 0.